The van der Waals surface area contributed by atoms with Gasteiger partial charge in [0.1, 0.15) is 0 Å². The number of hydrogen-bond donors (Lipinski definition) is 2. The number of aliphatic hydroxyl groups excluding tert-OH is 1. The molecule has 2 atom stereocenters. The van der Waals surface area contributed by atoms with E-state index in [1.807, 2.05) is 0 Å². The highest BCUT2D eigenvalue weighted by Gasteiger charge is 2.30. The lowest BCUT2D eigenvalue weighted by Crippen LogP contribution is -2.35. The van der Waals surface area contributed by atoms with Gasteiger partial charge in [-0.3, -0.25) is 9.59 Å². The van der Waals surface area contributed by atoms with Crippen molar-refractivity contribution < 1.29 is 14.7 Å². The SMILES string of the molecule is CC(=O)SC1CC(=O)N(CCNCC(C)O)C1. The fourth-order valence-electron chi connectivity index (χ4n) is 1.79. The molecule has 1 amide bonds. The second kappa shape index (κ2) is 6.98. The van der Waals surface area contributed by atoms with E-state index in [-0.39, 0.29) is 22.4 Å². The third-order valence-electron chi connectivity index (χ3n) is 2.51. The van der Waals surface area contributed by atoms with Gasteiger partial charge in [-0.25, -0.2) is 0 Å². The van der Waals surface area contributed by atoms with E-state index in [0.717, 1.165) is 0 Å². The summed E-state index contributed by atoms with van der Waals surface area (Å²) in [6, 6.07) is 0. The molecule has 0 aromatic heterocycles. The summed E-state index contributed by atoms with van der Waals surface area (Å²) in [7, 11) is 0. The summed E-state index contributed by atoms with van der Waals surface area (Å²) in [5, 5.41) is 12.3. The number of carbonyl (C=O) groups excluding carboxylic acids is 2. The minimum Gasteiger partial charge on any atom is -0.392 e. The lowest BCUT2D eigenvalue weighted by Gasteiger charge is -2.17. The van der Waals surface area contributed by atoms with E-state index >= 15 is 0 Å². The van der Waals surface area contributed by atoms with Crippen molar-refractivity contribution in [2.75, 3.05) is 26.2 Å². The maximum absolute atomic E-state index is 11.6. The summed E-state index contributed by atoms with van der Waals surface area (Å²) < 4.78 is 0. The number of aliphatic hydroxyl groups is 1. The number of nitrogens with zero attached hydrogens (tertiary/aromatic N) is 1. The lowest BCUT2D eigenvalue weighted by molar-refractivity contribution is -0.127. The third kappa shape index (κ3) is 5.52. The highest BCUT2D eigenvalue weighted by Crippen LogP contribution is 2.23. The van der Waals surface area contributed by atoms with Crippen LogP contribution < -0.4 is 5.32 Å². The molecule has 5 nitrogen and oxygen atoms in total. The summed E-state index contributed by atoms with van der Waals surface area (Å²) in [4.78, 5) is 24.3. The Kier molecular flexibility index (Phi) is 5.94. The predicted octanol–water partition coefficient (Wildman–Crippen LogP) is -0.163. The molecule has 0 aromatic rings. The molecule has 98 valence electrons. The molecule has 0 saturated carbocycles. The van der Waals surface area contributed by atoms with E-state index in [2.05, 4.69) is 5.32 Å². The highest BCUT2D eigenvalue weighted by atomic mass is 32.2. The minimum atomic E-state index is -0.370. The molecule has 6 heteroatoms. The maximum Gasteiger partial charge on any atom is 0.223 e. The van der Waals surface area contributed by atoms with Crippen LogP contribution in [0.3, 0.4) is 0 Å². The van der Waals surface area contributed by atoms with Gasteiger partial charge in [-0.2, -0.15) is 0 Å². The molecular formula is C11H20N2O3S. The van der Waals surface area contributed by atoms with Gasteiger partial charge >= 0.3 is 0 Å². The van der Waals surface area contributed by atoms with Crippen LogP contribution in [0.4, 0.5) is 0 Å². The van der Waals surface area contributed by atoms with E-state index in [1.165, 1.54) is 18.7 Å². The van der Waals surface area contributed by atoms with Gasteiger partial charge in [0, 0.05) is 44.8 Å². The van der Waals surface area contributed by atoms with Crippen LogP contribution >= 0.6 is 11.8 Å². The molecule has 1 aliphatic heterocycles. The van der Waals surface area contributed by atoms with Crippen molar-refractivity contribution in [2.45, 2.75) is 31.6 Å². The van der Waals surface area contributed by atoms with Crippen LogP contribution in [0.2, 0.25) is 0 Å². The molecule has 0 spiro atoms. The van der Waals surface area contributed by atoms with Gasteiger partial charge in [-0.1, -0.05) is 11.8 Å². The van der Waals surface area contributed by atoms with Crippen LogP contribution in [0, 0.1) is 0 Å². The van der Waals surface area contributed by atoms with Crippen LogP contribution in [0.1, 0.15) is 20.3 Å². The average molecular weight is 260 g/mol. The lowest BCUT2D eigenvalue weighted by atomic mass is 10.4. The fraction of sp³-hybridized carbons (Fsp3) is 0.818. The molecule has 1 rings (SSSR count). The van der Waals surface area contributed by atoms with Gasteiger partial charge in [-0.05, 0) is 6.92 Å². The van der Waals surface area contributed by atoms with Crippen molar-refractivity contribution >= 4 is 22.8 Å². The molecular weight excluding hydrogens is 240 g/mol. The normalized spacial score (nSPS) is 21.9. The number of likely N-dealkylation sites (tertiary alicyclic amines) is 1. The molecule has 2 N–H and O–H groups in total. The van der Waals surface area contributed by atoms with E-state index in [0.29, 0.717) is 32.6 Å². The van der Waals surface area contributed by atoms with Crippen molar-refractivity contribution in [1.82, 2.24) is 10.2 Å². The number of thioether (sulfide) groups is 1. The Bertz CT molecular complexity index is 284. The number of carbonyl (C=O) groups is 2. The van der Waals surface area contributed by atoms with Gasteiger partial charge in [-0.15, -0.1) is 0 Å². The van der Waals surface area contributed by atoms with Crippen LogP contribution in [0.25, 0.3) is 0 Å². The monoisotopic (exact) mass is 260 g/mol. The Labute approximate surface area is 106 Å². The highest BCUT2D eigenvalue weighted by molar-refractivity contribution is 8.14. The molecule has 0 radical (unpaired) electrons. The zero-order valence-electron chi connectivity index (χ0n) is 10.3. The number of nitrogens with one attached hydrogen (secondary N) is 1. The van der Waals surface area contributed by atoms with Crippen LogP contribution in [-0.4, -0.2) is 58.6 Å². The van der Waals surface area contributed by atoms with E-state index in [9.17, 15) is 9.59 Å². The molecule has 1 saturated heterocycles. The second-order valence-corrected chi connectivity index (χ2v) is 5.81. The average Bonchev–Trinajstić information content (AvgIpc) is 2.52. The first-order chi connectivity index (χ1) is 7.99. The quantitative estimate of drug-likeness (QED) is 0.649. The van der Waals surface area contributed by atoms with Gasteiger partial charge in [0.2, 0.25) is 5.91 Å². The van der Waals surface area contributed by atoms with Crippen molar-refractivity contribution in [1.29, 1.82) is 0 Å². The zero-order valence-corrected chi connectivity index (χ0v) is 11.1. The van der Waals surface area contributed by atoms with Crippen molar-refractivity contribution in [2.24, 2.45) is 0 Å². The Balaban J connectivity index is 2.21. The third-order valence-corrected chi connectivity index (χ3v) is 3.49. The number of amides is 1. The van der Waals surface area contributed by atoms with Crippen molar-refractivity contribution in [3.05, 3.63) is 0 Å². The first-order valence-electron chi connectivity index (χ1n) is 5.83. The standard InChI is InChI=1S/C11H20N2O3S/c1-8(14)6-12-3-4-13-7-10(5-11(13)16)17-9(2)15/h8,10,12,14H,3-7H2,1-2H3. The predicted molar refractivity (Wildman–Crippen MR) is 67.8 cm³/mol. The minimum absolute atomic E-state index is 0.0666. The summed E-state index contributed by atoms with van der Waals surface area (Å²) in [6.45, 7) is 5.75. The van der Waals surface area contributed by atoms with Gasteiger partial charge in [0.15, 0.2) is 5.12 Å². The Morgan fingerprint density at radius 2 is 2.41 bits per heavy atom. The fourth-order valence-corrected chi connectivity index (χ4v) is 2.74. The van der Waals surface area contributed by atoms with Crippen molar-refractivity contribution in [3.63, 3.8) is 0 Å². The molecule has 0 bridgehead atoms. The first kappa shape index (κ1) is 14.5. The largest absolute Gasteiger partial charge is 0.392 e. The first-order valence-corrected chi connectivity index (χ1v) is 6.70. The zero-order chi connectivity index (χ0) is 12.8. The van der Waals surface area contributed by atoms with E-state index in [4.69, 9.17) is 5.11 Å². The molecule has 0 aliphatic carbocycles. The number of rotatable bonds is 6. The molecule has 1 heterocycles. The Morgan fingerprint density at radius 3 is 3.00 bits per heavy atom. The topological polar surface area (TPSA) is 69.6 Å². The van der Waals surface area contributed by atoms with Crippen molar-refractivity contribution in [3.8, 4) is 0 Å². The smallest absolute Gasteiger partial charge is 0.223 e. The Morgan fingerprint density at radius 1 is 1.71 bits per heavy atom. The van der Waals surface area contributed by atoms with Gasteiger partial charge in [0.05, 0.1) is 6.10 Å². The summed E-state index contributed by atoms with van der Waals surface area (Å²) in [6.07, 6.45) is 0.0889. The molecule has 17 heavy (non-hydrogen) atoms. The Hall–Kier alpha value is -0.590. The molecule has 0 aromatic carbocycles. The molecule has 2 unspecified atom stereocenters. The van der Waals surface area contributed by atoms with Crippen LogP contribution in [-0.2, 0) is 9.59 Å². The summed E-state index contributed by atoms with van der Waals surface area (Å²) in [5.74, 6) is 0.114. The summed E-state index contributed by atoms with van der Waals surface area (Å²) >= 11 is 1.25. The van der Waals surface area contributed by atoms with E-state index in [1.54, 1.807) is 11.8 Å². The molecule has 1 fully saturated rings. The van der Waals surface area contributed by atoms with Crippen LogP contribution in [0.5, 0.6) is 0 Å². The second-order valence-electron chi connectivity index (χ2n) is 4.33. The van der Waals surface area contributed by atoms with Gasteiger partial charge < -0.3 is 15.3 Å². The van der Waals surface area contributed by atoms with E-state index < -0.39 is 0 Å². The molecule has 1 aliphatic rings. The summed E-state index contributed by atoms with van der Waals surface area (Å²) in [5.41, 5.74) is 0. The van der Waals surface area contributed by atoms with Gasteiger partial charge in [0.25, 0.3) is 0 Å². The van der Waals surface area contributed by atoms with Crippen LogP contribution in [0.15, 0.2) is 0 Å². The number of hydrogen-bond acceptors (Lipinski definition) is 5. The maximum atomic E-state index is 11.6.